The average Bonchev–Trinajstić information content (AvgIpc) is 2.81. The topological polar surface area (TPSA) is 78.4 Å². The minimum atomic E-state index is -0.303. The second-order valence-corrected chi connectivity index (χ2v) is 8.94. The van der Waals surface area contributed by atoms with E-state index in [1.54, 1.807) is 13.8 Å². The summed E-state index contributed by atoms with van der Waals surface area (Å²) in [6.45, 7) is 16.3. The van der Waals surface area contributed by atoms with Gasteiger partial charge in [-0.2, -0.15) is 0 Å². The number of nitrogens with zero attached hydrogens (tertiary/aromatic N) is 2. The molecule has 0 atom stereocenters. The van der Waals surface area contributed by atoms with E-state index in [0.29, 0.717) is 35.7 Å². The minimum absolute atomic E-state index is 0.303. The zero-order valence-electron chi connectivity index (χ0n) is 22.4. The number of rotatable bonds is 4. The average molecular weight is 487 g/mol. The Hall–Kier alpha value is -3.80. The van der Waals surface area contributed by atoms with Gasteiger partial charge in [-0.05, 0) is 114 Å². The number of aryl methyl sites for hydroxylation is 6. The van der Waals surface area contributed by atoms with E-state index < -0.39 is 0 Å². The molecule has 6 heteroatoms. The maximum atomic E-state index is 11.8. The van der Waals surface area contributed by atoms with Crippen molar-refractivity contribution in [2.45, 2.75) is 55.4 Å². The standard InChI is InChI=1S/2C15H17NO2/c2*1-5-18-15(17)13-8-12-6-9(2)10(3)7-14(12)16-11(13)4/h2*6-8H,5H2,1-4H3. The van der Waals surface area contributed by atoms with E-state index in [1.807, 2.05) is 38.1 Å². The monoisotopic (exact) mass is 486 g/mol. The molecule has 0 aliphatic rings. The van der Waals surface area contributed by atoms with Crippen LogP contribution in [0.3, 0.4) is 0 Å². The first kappa shape index (κ1) is 26.8. The maximum Gasteiger partial charge on any atom is 0.339 e. The third kappa shape index (κ3) is 5.88. The summed E-state index contributed by atoms with van der Waals surface area (Å²) in [6, 6.07) is 11.9. The number of esters is 2. The number of benzene rings is 2. The Kier molecular flexibility index (Phi) is 8.41. The molecular weight excluding hydrogens is 452 g/mol. The fraction of sp³-hybridized carbons (Fsp3) is 0.333. The fourth-order valence-corrected chi connectivity index (χ4v) is 3.90. The summed E-state index contributed by atoms with van der Waals surface area (Å²) >= 11 is 0. The SMILES string of the molecule is CCOC(=O)c1cc2cc(C)c(C)cc2nc1C.CCOC(=O)c1cc2cc(C)c(C)cc2nc1C. The molecule has 4 rings (SSSR count). The molecule has 0 aliphatic heterocycles. The van der Waals surface area contributed by atoms with E-state index in [0.717, 1.165) is 21.8 Å². The summed E-state index contributed by atoms with van der Waals surface area (Å²) in [6.07, 6.45) is 0. The largest absolute Gasteiger partial charge is 0.462 e. The fourth-order valence-electron chi connectivity index (χ4n) is 3.90. The molecule has 6 nitrogen and oxygen atoms in total. The lowest BCUT2D eigenvalue weighted by atomic mass is 10.0. The molecule has 0 N–H and O–H groups in total. The Labute approximate surface area is 212 Å². The normalized spacial score (nSPS) is 10.7. The van der Waals surface area contributed by atoms with Gasteiger partial charge in [-0.25, -0.2) is 9.59 Å². The third-order valence-corrected chi connectivity index (χ3v) is 6.23. The van der Waals surface area contributed by atoms with Gasteiger partial charge in [-0.15, -0.1) is 0 Å². The van der Waals surface area contributed by atoms with E-state index in [4.69, 9.17) is 9.47 Å². The van der Waals surface area contributed by atoms with E-state index in [2.05, 4.69) is 49.8 Å². The van der Waals surface area contributed by atoms with Gasteiger partial charge in [0.25, 0.3) is 0 Å². The van der Waals surface area contributed by atoms with Crippen LogP contribution < -0.4 is 0 Å². The summed E-state index contributed by atoms with van der Waals surface area (Å²) in [5, 5.41) is 1.96. The Morgan fingerprint density at radius 2 is 0.917 bits per heavy atom. The van der Waals surface area contributed by atoms with Crippen LogP contribution in [0.4, 0.5) is 0 Å². The highest BCUT2D eigenvalue weighted by Crippen LogP contribution is 2.22. The van der Waals surface area contributed by atoms with E-state index >= 15 is 0 Å². The van der Waals surface area contributed by atoms with Crippen LogP contribution in [-0.2, 0) is 9.47 Å². The molecule has 0 radical (unpaired) electrons. The van der Waals surface area contributed by atoms with Gasteiger partial charge < -0.3 is 9.47 Å². The summed E-state index contributed by atoms with van der Waals surface area (Å²) in [4.78, 5) is 32.6. The molecule has 0 saturated carbocycles. The molecule has 0 bridgehead atoms. The quantitative estimate of drug-likeness (QED) is 0.300. The van der Waals surface area contributed by atoms with Gasteiger partial charge in [0.1, 0.15) is 0 Å². The molecular formula is C30H34N2O4. The molecule has 0 unspecified atom stereocenters. The van der Waals surface area contributed by atoms with Crippen molar-refractivity contribution < 1.29 is 19.1 Å². The second kappa shape index (κ2) is 11.3. The molecule has 0 saturated heterocycles. The number of hydrogen-bond acceptors (Lipinski definition) is 6. The van der Waals surface area contributed by atoms with Gasteiger partial charge in [0, 0.05) is 10.8 Å². The molecule has 0 spiro atoms. The molecule has 36 heavy (non-hydrogen) atoms. The van der Waals surface area contributed by atoms with Crippen molar-refractivity contribution in [3.05, 3.63) is 81.2 Å². The van der Waals surface area contributed by atoms with E-state index in [-0.39, 0.29) is 11.9 Å². The van der Waals surface area contributed by atoms with Gasteiger partial charge in [0.2, 0.25) is 0 Å². The highest BCUT2D eigenvalue weighted by Gasteiger charge is 2.14. The van der Waals surface area contributed by atoms with Crippen molar-refractivity contribution in [1.29, 1.82) is 0 Å². The number of fused-ring (bicyclic) bond motifs is 2. The van der Waals surface area contributed by atoms with Crippen LogP contribution in [0.15, 0.2) is 36.4 Å². The molecule has 0 amide bonds. The van der Waals surface area contributed by atoms with Crippen molar-refractivity contribution >= 4 is 33.7 Å². The van der Waals surface area contributed by atoms with Gasteiger partial charge in [0.15, 0.2) is 0 Å². The Morgan fingerprint density at radius 1 is 0.583 bits per heavy atom. The lowest BCUT2D eigenvalue weighted by Crippen LogP contribution is -2.08. The number of aromatic nitrogens is 2. The first-order chi connectivity index (χ1) is 17.0. The Morgan fingerprint density at radius 3 is 1.25 bits per heavy atom. The summed E-state index contributed by atoms with van der Waals surface area (Å²) in [7, 11) is 0. The summed E-state index contributed by atoms with van der Waals surface area (Å²) < 4.78 is 10.1. The molecule has 0 fully saturated rings. The zero-order valence-corrected chi connectivity index (χ0v) is 22.4. The highest BCUT2D eigenvalue weighted by molar-refractivity contribution is 5.96. The first-order valence-electron chi connectivity index (χ1n) is 12.2. The van der Waals surface area contributed by atoms with Gasteiger partial charge >= 0.3 is 11.9 Å². The Balaban J connectivity index is 0.000000201. The molecule has 2 aromatic heterocycles. The Bertz CT molecular complexity index is 1350. The lowest BCUT2D eigenvalue weighted by molar-refractivity contribution is 0.0515. The zero-order chi connectivity index (χ0) is 26.6. The van der Waals surface area contributed by atoms with Crippen LogP contribution in [0.25, 0.3) is 21.8 Å². The van der Waals surface area contributed by atoms with Gasteiger partial charge in [0.05, 0.1) is 46.8 Å². The number of carbonyl (C=O) groups is 2. The maximum absolute atomic E-state index is 11.8. The molecule has 2 aromatic carbocycles. The molecule has 0 aliphatic carbocycles. The van der Waals surface area contributed by atoms with Gasteiger partial charge in [-0.3, -0.25) is 9.97 Å². The lowest BCUT2D eigenvalue weighted by Gasteiger charge is -2.08. The minimum Gasteiger partial charge on any atom is -0.462 e. The predicted molar refractivity (Wildman–Crippen MR) is 144 cm³/mol. The molecule has 4 aromatic rings. The van der Waals surface area contributed by atoms with Crippen LogP contribution in [0.2, 0.25) is 0 Å². The van der Waals surface area contributed by atoms with Crippen molar-refractivity contribution in [2.75, 3.05) is 13.2 Å². The molecule has 188 valence electrons. The number of hydrogen-bond donors (Lipinski definition) is 0. The predicted octanol–water partition coefficient (Wildman–Crippen LogP) is 6.67. The smallest absolute Gasteiger partial charge is 0.339 e. The van der Waals surface area contributed by atoms with E-state index in [9.17, 15) is 9.59 Å². The van der Waals surface area contributed by atoms with Crippen LogP contribution in [0, 0.1) is 41.5 Å². The first-order valence-corrected chi connectivity index (χ1v) is 12.2. The van der Waals surface area contributed by atoms with E-state index in [1.165, 1.54) is 22.3 Å². The van der Waals surface area contributed by atoms with Crippen molar-refractivity contribution in [3.63, 3.8) is 0 Å². The highest BCUT2D eigenvalue weighted by atomic mass is 16.5. The number of carbonyl (C=O) groups excluding carboxylic acids is 2. The van der Waals surface area contributed by atoms with Crippen molar-refractivity contribution in [2.24, 2.45) is 0 Å². The summed E-state index contributed by atoms with van der Waals surface area (Å²) in [5.41, 5.74) is 9.17. The van der Waals surface area contributed by atoms with Crippen LogP contribution >= 0.6 is 0 Å². The third-order valence-electron chi connectivity index (χ3n) is 6.23. The summed E-state index contributed by atoms with van der Waals surface area (Å²) in [5.74, 6) is -0.606. The number of ether oxygens (including phenoxy) is 2. The molecule has 2 heterocycles. The van der Waals surface area contributed by atoms with Crippen molar-refractivity contribution in [1.82, 2.24) is 9.97 Å². The number of pyridine rings is 2. The second-order valence-electron chi connectivity index (χ2n) is 8.94. The van der Waals surface area contributed by atoms with Crippen LogP contribution in [0.1, 0.15) is 68.2 Å². The van der Waals surface area contributed by atoms with Crippen LogP contribution in [0.5, 0.6) is 0 Å². The van der Waals surface area contributed by atoms with Crippen molar-refractivity contribution in [3.8, 4) is 0 Å². The van der Waals surface area contributed by atoms with Crippen LogP contribution in [-0.4, -0.2) is 35.1 Å². The van der Waals surface area contributed by atoms with Gasteiger partial charge in [-0.1, -0.05) is 0 Å².